The number of carboxylic acids is 1. The zero-order valence-corrected chi connectivity index (χ0v) is 10.7. The van der Waals surface area contributed by atoms with Gasteiger partial charge in [0.2, 0.25) is 11.8 Å². The summed E-state index contributed by atoms with van der Waals surface area (Å²) < 4.78 is 0. The zero-order valence-electron chi connectivity index (χ0n) is 10.7. The standard InChI is InChI=1S/C11H20N2O4/c1-7(2)11(3,10(16)17)5-9(15)13(4)6-8(12)14/h7H,5-6H2,1-4H3,(H2,12,14)(H,16,17). The summed E-state index contributed by atoms with van der Waals surface area (Å²) in [7, 11) is 1.43. The molecule has 1 atom stereocenters. The van der Waals surface area contributed by atoms with Gasteiger partial charge >= 0.3 is 5.97 Å². The van der Waals surface area contributed by atoms with E-state index in [1.54, 1.807) is 13.8 Å². The Morgan fingerprint density at radius 2 is 1.82 bits per heavy atom. The summed E-state index contributed by atoms with van der Waals surface area (Å²) in [5.74, 6) is -2.23. The molecule has 0 heterocycles. The van der Waals surface area contributed by atoms with Gasteiger partial charge in [-0.15, -0.1) is 0 Å². The van der Waals surface area contributed by atoms with Crippen molar-refractivity contribution < 1.29 is 19.5 Å². The number of likely N-dealkylation sites (N-methyl/N-ethyl adjacent to an activating group) is 1. The molecule has 2 amide bonds. The van der Waals surface area contributed by atoms with Crippen LogP contribution in [0.15, 0.2) is 0 Å². The van der Waals surface area contributed by atoms with Crippen molar-refractivity contribution in [1.29, 1.82) is 0 Å². The molecule has 0 saturated carbocycles. The van der Waals surface area contributed by atoms with Gasteiger partial charge in [0.25, 0.3) is 0 Å². The SMILES string of the molecule is CC(C)C(C)(CC(=O)N(C)CC(N)=O)C(=O)O. The van der Waals surface area contributed by atoms with Gasteiger partial charge in [0.05, 0.1) is 12.0 Å². The first-order valence-electron chi connectivity index (χ1n) is 5.37. The van der Waals surface area contributed by atoms with Gasteiger partial charge in [-0.3, -0.25) is 14.4 Å². The molecule has 0 rings (SSSR count). The van der Waals surface area contributed by atoms with Gasteiger partial charge in [-0.2, -0.15) is 0 Å². The van der Waals surface area contributed by atoms with Crippen molar-refractivity contribution in [3.63, 3.8) is 0 Å². The van der Waals surface area contributed by atoms with Crippen LogP contribution < -0.4 is 5.73 Å². The van der Waals surface area contributed by atoms with E-state index in [2.05, 4.69) is 0 Å². The van der Waals surface area contributed by atoms with Gasteiger partial charge < -0.3 is 15.7 Å². The highest BCUT2D eigenvalue weighted by Crippen LogP contribution is 2.31. The molecule has 98 valence electrons. The van der Waals surface area contributed by atoms with E-state index < -0.39 is 23.2 Å². The van der Waals surface area contributed by atoms with E-state index in [1.807, 2.05) is 0 Å². The smallest absolute Gasteiger partial charge is 0.310 e. The molecule has 17 heavy (non-hydrogen) atoms. The first kappa shape index (κ1) is 15.4. The predicted octanol–water partition coefficient (Wildman–Crippen LogP) is 0.0671. The lowest BCUT2D eigenvalue weighted by molar-refractivity contribution is -0.155. The number of nitrogens with zero attached hydrogens (tertiary/aromatic N) is 1. The average molecular weight is 244 g/mol. The van der Waals surface area contributed by atoms with E-state index in [-0.39, 0.29) is 18.9 Å². The Morgan fingerprint density at radius 1 is 1.35 bits per heavy atom. The van der Waals surface area contributed by atoms with E-state index in [1.165, 1.54) is 14.0 Å². The van der Waals surface area contributed by atoms with Crippen LogP contribution in [0.3, 0.4) is 0 Å². The molecule has 0 saturated heterocycles. The molecule has 0 aromatic heterocycles. The Bertz CT molecular complexity index is 327. The lowest BCUT2D eigenvalue weighted by atomic mass is 9.76. The molecule has 0 aliphatic carbocycles. The third-order valence-corrected chi connectivity index (χ3v) is 3.10. The molecule has 0 spiro atoms. The molecule has 0 aromatic carbocycles. The molecular weight excluding hydrogens is 224 g/mol. The topological polar surface area (TPSA) is 101 Å². The number of carbonyl (C=O) groups excluding carboxylic acids is 2. The number of rotatable bonds is 6. The highest BCUT2D eigenvalue weighted by atomic mass is 16.4. The third kappa shape index (κ3) is 4.05. The maximum Gasteiger partial charge on any atom is 0.310 e. The molecule has 3 N–H and O–H groups in total. The van der Waals surface area contributed by atoms with Crippen LogP contribution in [0.2, 0.25) is 0 Å². The first-order chi connectivity index (χ1) is 7.61. The second kappa shape index (κ2) is 5.65. The maximum atomic E-state index is 11.8. The fraction of sp³-hybridized carbons (Fsp3) is 0.727. The summed E-state index contributed by atoms with van der Waals surface area (Å²) in [4.78, 5) is 34.7. The van der Waals surface area contributed by atoms with Crippen LogP contribution in [0.25, 0.3) is 0 Å². The second-order valence-electron chi connectivity index (χ2n) is 4.77. The molecule has 0 bridgehead atoms. The summed E-state index contributed by atoms with van der Waals surface area (Å²) in [5, 5.41) is 9.15. The van der Waals surface area contributed by atoms with Crippen molar-refractivity contribution in [3.05, 3.63) is 0 Å². The number of hydrogen-bond donors (Lipinski definition) is 2. The van der Waals surface area contributed by atoms with E-state index in [4.69, 9.17) is 10.8 Å². The Labute approximate surface area is 101 Å². The molecule has 0 radical (unpaired) electrons. The Balaban J connectivity index is 4.74. The number of carbonyl (C=O) groups is 3. The molecule has 0 aliphatic rings. The monoisotopic (exact) mass is 244 g/mol. The Kier molecular flexibility index (Phi) is 5.12. The normalized spacial score (nSPS) is 14.2. The number of aliphatic carboxylic acids is 1. The molecule has 6 heteroatoms. The number of amides is 2. The van der Waals surface area contributed by atoms with Crippen molar-refractivity contribution in [3.8, 4) is 0 Å². The summed E-state index contributed by atoms with van der Waals surface area (Å²) in [6, 6.07) is 0. The van der Waals surface area contributed by atoms with E-state index >= 15 is 0 Å². The quantitative estimate of drug-likeness (QED) is 0.690. The number of hydrogen-bond acceptors (Lipinski definition) is 3. The lowest BCUT2D eigenvalue weighted by Gasteiger charge is -2.30. The van der Waals surface area contributed by atoms with Gasteiger partial charge in [-0.1, -0.05) is 13.8 Å². The van der Waals surface area contributed by atoms with E-state index in [9.17, 15) is 14.4 Å². The Morgan fingerprint density at radius 3 is 2.12 bits per heavy atom. The van der Waals surface area contributed by atoms with Gasteiger partial charge in [0, 0.05) is 13.5 Å². The minimum Gasteiger partial charge on any atom is -0.481 e. The van der Waals surface area contributed by atoms with Crippen molar-refractivity contribution in [1.82, 2.24) is 4.90 Å². The van der Waals surface area contributed by atoms with Gasteiger partial charge in [0.15, 0.2) is 0 Å². The van der Waals surface area contributed by atoms with Gasteiger partial charge in [-0.05, 0) is 12.8 Å². The largest absolute Gasteiger partial charge is 0.481 e. The Hall–Kier alpha value is -1.59. The predicted molar refractivity (Wildman–Crippen MR) is 62.0 cm³/mol. The molecule has 0 fully saturated rings. The second-order valence-corrected chi connectivity index (χ2v) is 4.77. The minimum absolute atomic E-state index is 0.149. The number of nitrogens with two attached hydrogens (primary N) is 1. The summed E-state index contributed by atoms with van der Waals surface area (Å²) in [6.07, 6.45) is -0.149. The molecule has 0 aliphatic heterocycles. The highest BCUT2D eigenvalue weighted by Gasteiger charge is 2.39. The van der Waals surface area contributed by atoms with Crippen LogP contribution in [-0.4, -0.2) is 41.4 Å². The molecule has 6 nitrogen and oxygen atoms in total. The summed E-state index contributed by atoms with van der Waals surface area (Å²) >= 11 is 0. The van der Waals surface area contributed by atoms with E-state index in [0.717, 1.165) is 4.90 Å². The van der Waals surface area contributed by atoms with Crippen molar-refractivity contribution >= 4 is 17.8 Å². The van der Waals surface area contributed by atoms with Gasteiger partial charge in [0.1, 0.15) is 0 Å². The van der Waals surface area contributed by atoms with Crippen molar-refractivity contribution in [2.45, 2.75) is 27.2 Å². The molecule has 1 unspecified atom stereocenters. The van der Waals surface area contributed by atoms with Crippen LogP contribution in [-0.2, 0) is 14.4 Å². The van der Waals surface area contributed by atoms with Gasteiger partial charge in [-0.25, -0.2) is 0 Å². The molecular formula is C11H20N2O4. The zero-order chi connectivity index (χ0) is 13.8. The first-order valence-corrected chi connectivity index (χ1v) is 5.37. The molecule has 0 aromatic rings. The lowest BCUT2D eigenvalue weighted by Crippen LogP contribution is -2.42. The fourth-order valence-corrected chi connectivity index (χ4v) is 1.30. The van der Waals surface area contributed by atoms with Crippen molar-refractivity contribution in [2.24, 2.45) is 17.1 Å². The van der Waals surface area contributed by atoms with Crippen LogP contribution >= 0.6 is 0 Å². The highest BCUT2D eigenvalue weighted by molar-refractivity contribution is 5.87. The number of carboxylic acid groups (broad SMARTS) is 1. The maximum absolute atomic E-state index is 11.8. The van der Waals surface area contributed by atoms with Crippen LogP contribution in [0, 0.1) is 11.3 Å². The third-order valence-electron chi connectivity index (χ3n) is 3.10. The average Bonchev–Trinajstić information content (AvgIpc) is 2.15. The fourth-order valence-electron chi connectivity index (χ4n) is 1.30. The van der Waals surface area contributed by atoms with Crippen LogP contribution in [0.1, 0.15) is 27.2 Å². The van der Waals surface area contributed by atoms with Crippen molar-refractivity contribution in [2.75, 3.05) is 13.6 Å². The minimum atomic E-state index is -1.14. The van der Waals surface area contributed by atoms with Crippen LogP contribution in [0.4, 0.5) is 0 Å². The van der Waals surface area contributed by atoms with E-state index in [0.29, 0.717) is 0 Å². The summed E-state index contributed by atoms with van der Waals surface area (Å²) in [5.41, 5.74) is 3.83. The summed E-state index contributed by atoms with van der Waals surface area (Å²) in [6.45, 7) is 4.81. The van der Waals surface area contributed by atoms with Crippen LogP contribution in [0.5, 0.6) is 0 Å². The number of primary amides is 1.